The van der Waals surface area contributed by atoms with Crippen molar-refractivity contribution in [1.82, 2.24) is 9.88 Å². The highest BCUT2D eigenvalue weighted by Gasteiger charge is 2.20. The molecule has 0 unspecified atom stereocenters. The van der Waals surface area contributed by atoms with E-state index in [1.165, 1.54) is 18.2 Å². The Kier molecular flexibility index (Phi) is 8.91. The zero-order valence-electron chi connectivity index (χ0n) is 25.5. The SMILES string of the molecule is COC(=O)[C@H](C)Oc1ccc([C@H](C)n2c(C)c(C)c3cc(C(=O)NCCc4ccc(C(C)(C)C)cc4)ccc32)cc1. The van der Waals surface area contributed by atoms with Gasteiger partial charge in [0.25, 0.3) is 5.91 Å². The van der Waals surface area contributed by atoms with Gasteiger partial charge in [-0.1, -0.05) is 57.2 Å². The van der Waals surface area contributed by atoms with Gasteiger partial charge in [-0.05, 0) is 92.1 Å². The lowest BCUT2D eigenvalue weighted by Crippen LogP contribution is -2.25. The molecule has 2 atom stereocenters. The molecular weight excluding hydrogens is 512 g/mol. The van der Waals surface area contributed by atoms with E-state index in [2.05, 4.69) is 75.7 Å². The second kappa shape index (κ2) is 12.2. The number of rotatable bonds is 9. The van der Waals surface area contributed by atoms with E-state index in [9.17, 15) is 9.59 Å². The van der Waals surface area contributed by atoms with Gasteiger partial charge in [0.05, 0.1) is 13.2 Å². The van der Waals surface area contributed by atoms with Gasteiger partial charge in [0, 0.05) is 28.7 Å². The second-order valence-electron chi connectivity index (χ2n) is 11.8. The fourth-order valence-electron chi connectivity index (χ4n) is 5.23. The number of methoxy groups -OCH3 is 1. The lowest BCUT2D eigenvalue weighted by molar-refractivity contribution is -0.147. The lowest BCUT2D eigenvalue weighted by Gasteiger charge is -2.19. The number of esters is 1. The topological polar surface area (TPSA) is 69.6 Å². The van der Waals surface area contributed by atoms with E-state index in [0.29, 0.717) is 17.9 Å². The van der Waals surface area contributed by atoms with Crippen molar-refractivity contribution in [2.24, 2.45) is 0 Å². The fraction of sp³-hybridized carbons (Fsp3) is 0.371. The fourth-order valence-corrected chi connectivity index (χ4v) is 5.23. The van der Waals surface area contributed by atoms with Crippen LogP contribution in [-0.2, 0) is 21.4 Å². The van der Waals surface area contributed by atoms with Crippen LogP contribution in [0.4, 0.5) is 0 Å². The number of fused-ring (bicyclic) bond motifs is 1. The van der Waals surface area contributed by atoms with Crippen molar-refractivity contribution in [1.29, 1.82) is 0 Å². The van der Waals surface area contributed by atoms with Gasteiger partial charge in [-0.3, -0.25) is 4.79 Å². The van der Waals surface area contributed by atoms with Crippen LogP contribution in [0.15, 0.2) is 66.7 Å². The third kappa shape index (κ3) is 6.64. The maximum atomic E-state index is 13.0. The summed E-state index contributed by atoms with van der Waals surface area (Å²) < 4.78 is 12.7. The van der Waals surface area contributed by atoms with E-state index < -0.39 is 12.1 Å². The van der Waals surface area contributed by atoms with E-state index >= 15 is 0 Å². The minimum absolute atomic E-state index is 0.0580. The molecule has 0 aliphatic heterocycles. The molecule has 1 aromatic heterocycles. The molecule has 0 saturated heterocycles. The number of ether oxygens (including phenoxy) is 2. The van der Waals surface area contributed by atoms with Gasteiger partial charge in [-0.2, -0.15) is 0 Å². The molecule has 0 aliphatic carbocycles. The number of benzene rings is 3. The summed E-state index contributed by atoms with van der Waals surface area (Å²) in [5, 5.41) is 4.16. The number of amides is 1. The molecule has 0 spiro atoms. The Morgan fingerprint density at radius 3 is 2.20 bits per heavy atom. The van der Waals surface area contributed by atoms with Crippen molar-refractivity contribution in [2.75, 3.05) is 13.7 Å². The maximum absolute atomic E-state index is 13.0. The number of hydrogen-bond acceptors (Lipinski definition) is 4. The minimum Gasteiger partial charge on any atom is -0.479 e. The Labute approximate surface area is 243 Å². The highest BCUT2D eigenvalue weighted by Crippen LogP contribution is 2.33. The molecular formula is C35H42N2O4. The first-order valence-corrected chi connectivity index (χ1v) is 14.2. The standard InChI is InChI=1S/C35H42N2O4/c1-22-23(2)37(24(3)27-11-16-30(17-12-27)41-25(4)34(39)40-8)32-18-13-28(21-31(22)32)33(38)36-20-19-26-9-14-29(15-10-26)35(5,6)7/h9-18,21,24-25H,19-20H2,1-8H3,(H,36,38)/t24-,25-/m0/s1. The molecule has 0 aliphatic rings. The van der Waals surface area contributed by atoms with E-state index in [-0.39, 0.29) is 17.4 Å². The quantitative estimate of drug-likeness (QED) is 0.225. The molecule has 216 valence electrons. The van der Waals surface area contributed by atoms with E-state index in [0.717, 1.165) is 34.1 Å². The summed E-state index contributed by atoms with van der Waals surface area (Å²) in [5.41, 5.74) is 7.82. The molecule has 4 aromatic rings. The van der Waals surface area contributed by atoms with Crippen LogP contribution in [0.5, 0.6) is 5.75 Å². The first-order chi connectivity index (χ1) is 19.4. The molecule has 41 heavy (non-hydrogen) atoms. The Morgan fingerprint density at radius 1 is 0.927 bits per heavy atom. The van der Waals surface area contributed by atoms with Gasteiger partial charge < -0.3 is 19.4 Å². The van der Waals surface area contributed by atoms with Crippen molar-refractivity contribution in [3.63, 3.8) is 0 Å². The molecule has 6 nitrogen and oxygen atoms in total. The molecule has 0 radical (unpaired) electrons. The van der Waals surface area contributed by atoms with Crippen molar-refractivity contribution in [3.8, 4) is 5.75 Å². The minimum atomic E-state index is -0.673. The molecule has 1 heterocycles. The predicted octanol–water partition coefficient (Wildman–Crippen LogP) is 7.08. The number of aromatic nitrogens is 1. The molecule has 6 heteroatoms. The summed E-state index contributed by atoms with van der Waals surface area (Å²) in [7, 11) is 1.35. The number of nitrogens with one attached hydrogen (secondary N) is 1. The summed E-state index contributed by atoms with van der Waals surface area (Å²) in [6.07, 6.45) is 0.114. The lowest BCUT2D eigenvalue weighted by atomic mass is 9.86. The number of carbonyl (C=O) groups excluding carboxylic acids is 2. The Bertz CT molecular complexity index is 1530. The zero-order chi connectivity index (χ0) is 29.9. The first kappa shape index (κ1) is 29.9. The Hall–Kier alpha value is -4.06. The summed E-state index contributed by atoms with van der Waals surface area (Å²) in [5.74, 6) is 0.140. The molecule has 0 saturated carbocycles. The highest BCUT2D eigenvalue weighted by atomic mass is 16.6. The van der Waals surface area contributed by atoms with Crippen molar-refractivity contribution >= 4 is 22.8 Å². The van der Waals surface area contributed by atoms with Crippen LogP contribution in [0, 0.1) is 13.8 Å². The Balaban J connectivity index is 1.46. The zero-order valence-corrected chi connectivity index (χ0v) is 25.5. The molecule has 4 rings (SSSR count). The van der Waals surface area contributed by atoms with Gasteiger partial charge in [-0.25, -0.2) is 4.79 Å². The average molecular weight is 555 g/mol. The largest absolute Gasteiger partial charge is 0.479 e. The van der Waals surface area contributed by atoms with Gasteiger partial charge in [0.2, 0.25) is 0 Å². The summed E-state index contributed by atoms with van der Waals surface area (Å²) in [4.78, 5) is 24.7. The van der Waals surface area contributed by atoms with Gasteiger partial charge in [-0.15, -0.1) is 0 Å². The third-order valence-electron chi connectivity index (χ3n) is 7.94. The van der Waals surface area contributed by atoms with E-state index in [1.54, 1.807) is 6.92 Å². The van der Waals surface area contributed by atoms with E-state index in [1.807, 2.05) is 42.5 Å². The second-order valence-corrected chi connectivity index (χ2v) is 11.8. The van der Waals surface area contributed by atoms with Crippen LogP contribution in [-0.4, -0.2) is 36.2 Å². The van der Waals surface area contributed by atoms with Gasteiger partial charge >= 0.3 is 5.97 Å². The van der Waals surface area contributed by atoms with Crippen molar-refractivity contribution < 1.29 is 19.1 Å². The van der Waals surface area contributed by atoms with Crippen LogP contribution in [0.2, 0.25) is 0 Å². The number of carbonyl (C=O) groups is 2. The predicted molar refractivity (Wildman–Crippen MR) is 165 cm³/mol. The summed E-state index contributed by atoms with van der Waals surface area (Å²) >= 11 is 0. The van der Waals surface area contributed by atoms with Crippen LogP contribution in [0.1, 0.15) is 79.0 Å². The van der Waals surface area contributed by atoms with Crippen LogP contribution in [0.25, 0.3) is 10.9 Å². The molecule has 1 N–H and O–H groups in total. The van der Waals surface area contributed by atoms with E-state index in [4.69, 9.17) is 9.47 Å². The normalized spacial score (nSPS) is 13.1. The van der Waals surface area contributed by atoms with Gasteiger partial charge in [0.1, 0.15) is 5.75 Å². The van der Waals surface area contributed by atoms with Crippen LogP contribution < -0.4 is 10.1 Å². The van der Waals surface area contributed by atoms with Crippen molar-refractivity contribution in [2.45, 2.75) is 72.4 Å². The van der Waals surface area contributed by atoms with Gasteiger partial charge in [0.15, 0.2) is 6.10 Å². The monoisotopic (exact) mass is 554 g/mol. The smallest absolute Gasteiger partial charge is 0.346 e. The molecule has 0 bridgehead atoms. The Morgan fingerprint density at radius 2 is 1.59 bits per heavy atom. The first-order valence-electron chi connectivity index (χ1n) is 14.2. The third-order valence-corrected chi connectivity index (χ3v) is 7.94. The summed E-state index contributed by atoms with van der Waals surface area (Å²) in [6.45, 7) is 15.3. The molecule has 1 amide bonds. The number of hydrogen-bond donors (Lipinski definition) is 1. The van der Waals surface area contributed by atoms with Crippen LogP contribution >= 0.6 is 0 Å². The highest BCUT2D eigenvalue weighted by molar-refractivity contribution is 5.99. The molecule has 0 fully saturated rings. The number of aryl methyl sites for hydroxylation is 1. The van der Waals surface area contributed by atoms with Crippen molar-refractivity contribution in [3.05, 3.63) is 100 Å². The number of nitrogens with zero attached hydrogens (tertiary/aromatic N) is 1. The average Bonchev–Trinajstić information content (AvgIpc) is 3.21. The summed E-state index contributed by atoms with van der Waals surface area (Å²) in [6, 6.07) is 22.4. The maximum Gasteiger partial charge on any atom is 0.346 e. The van der Waals surface area contributed by atoms with Crippen LogP contribution in [0.3, 0.4) is 0 Å². The molecule has 3 aromatic carbocycles.